The summed E-state index contributed by atoms with van der Waals surface area (Å²) in [6.07, 6.45) is 1.29. The molecule has 0 bridgehead atoms. The maximum absolute atomic E-state index is 12.4. The molecule has 1 N–H and O–H groups in total. The van der Waals surface area contributed by atoms with Crippen LogP contribution in [-0.4, -0.2) is 52.7 Å². The Morgan fingerprint density at radius 2 is 1.86 bits per heavy atom. The highest BCUT2D eigenvalue weighted by molar-refractivity contribution is 7.99. The molecule has 1 aromatic carbocycles. The number of nitrogens with one attached hydrogen (secondary N) is 1. The number of carbonyl (C=O) groups is 1. The van der Waals surface area contributed by atoms with Crippen LogP contribution in [0.1, 0.15) is 36.5 Å². The number of anilines is 2. The Balaban J connectivity index is 1.49. The van der Waals surface area contributed by atoms with Gasteiger partial charge in [0.2, 0.25) is 11.9 Å². The van der Waals surface area contributed by atoms with Gasteiger partial charge in [0.25, 0.3) is 0 Å². The zero-order valence-corrected chi connectivity index (χ0v) is 18.6. The Kier molecular flexibility index (Phi) is 7.55. The molecule has 1 aromatic heterocycles. The monoisotopic (exact) mass is 417 g/mol. The number of morpholine rings is 1. The van der Waals surface area contributed by atoms with Crippen molar-refractivity contribution in [3.05, 3.63) is 28.8 Å². The maximum Gasteiger partial charge on any atom is 0.228 e. The highest BCUT2D eigenvalue weighted by Gasteiger charge is 2.19. The Labute approximate surface area is 177 Å². The third-order valence-electron chi connectivity index (χ3n) is 5.03. The normalized spacial score (nSPS) is 14.3. The van der Waals surface area contributed by atoms with E-state index in [2.05, 4.69) is 51.0 Å². The number of hydrogen-bond donors (Lipinski definition) is 1. The molecule has 29 heavy (non-hydrogen) atoms. The van der Waals surface area contributed by atoms with Crippen LogP contribution in [0.2, 0.25) is 0 Å². The van der Waals surface area contributed by atoms with Crippen molar-refractivity contribution in [3.63, 3.8) is 0 Å². The van der Waals surface area contributed by atoms with Gasteiger partial charge in [-0.15, -0.1) is 10.2 Å². The van der Waals surface area contributed by atoms with Gasteiger partial charge in [-0.05, 0) is 45.2 Å². The number of thioether (sulfide) groups is 1. The Morgan fingerprint density at radius 3 is 2.52 bits per heavy atom. The van der Waals surface area contributed by atoms with Crippen LogP contribution in [0.4, 0.5) is 11.6 Å². The van der Waals surface area contributed by atoms with E-state index in [9.17, 15) is 4.79 Å². The lowest BCUT2D eigenvalue weighted by Crippen LogP contribution is -2.38. The molecule has 0 spiro atoms. The number of aryl methyl sites for hydroxylation is 3. The molecule has 2 heterocycles. The van der Waals surface area contributed by atoms with Crippen molar-refractivity contribution in [2.75, 3.05) is 42.3 Å². The molecule has 2 aromatic rings. The van der Waals surface area contributed by atoms with Gasteiger partial charge in [-0.3, -0.25) is 9.36 Å². The number of nitrogens with zero attached hydrogens (tertiary/aromatic N) is 4. The van der Waals surface area contributed by atoms with Crippen LogP contribution in [0.3, 0.4) is 0 Å². The van der Waals surface area contributed by atoms with Crippen molar-refractivity contribution < 1.29 is 9.53 Å². The zero-order valence-electron chi connectivity index (χ0n) is 17.8. The van der Waals surface area contributed by atoms with Crippen LogP contribution in [-0.2, 0) is 16.1 Å². The summed E-state index contributed by atoms with van der Waals surface area (Å²) in [5.41, 5.74) is 4.37. The van der Waals surface area contributed by atoms with Crippen LogP contribution >= 0.6 is 11.8 Å². The van der Waals surface area contributed by atoms with Gasteiger partial charge in [0, 0.05) is 37.5 Å². The van der Waals surface area contributed by atoms with E-state index in [0.29, 0.717) is 6.42 Å². The smallest absolute Gasteiger partial charge is 0.228 e. The predicted molar refractivity (Wildman–Crippen MR) is 118 cm³/mol. The van der Waals surface area contributed by atoms with Crippen molar-refractivity contribution in [2.45, 2.75) is 52.2 Å². The molecule has 0 radical (unpaired) electrons. The van der Waals surface area contributed by atoms with Gasteiger partial charge >= 0.3 is 0 Å². The Hall–Kier alpha value is -2.06. The van der Waals surface area contributed by atoms with Crippen molar-refractivity contribution in [1.82, 2.24) is 14.8 Å². The highest BCUT2D eigenvalue weighted by atomic mass is 32.2. The first-order valence-corrected chi connectivity index (χ1v) is 11.2. The number of aromatic nitrogens is 3. The molecular weight excluding hydrogens is 386 g/mol. The van der Waals surface area contributed by atoms with Crippen molar-refractivity contribution >= 4 is 29.3 Å². The average molecular weight is 418 g/mol. The number of hydrogen-bond acceptors (Lipinski definition) is 6. The van der Waals surface area contributed by atoms with Crippen LogP contribution < -0.4 is 10.2 Å². The van der Waals surface area contributed by atoms with Gasteiger partial charge in [-0.1, -0.05) is 29.5 Å². The molecule has 1 aliphatic heterocycles. The molecule has 1 fully saturated rings. The number of benzene rings is 1. The van der Waals surface area contributed by atoms with Crippen LogP contribution in [0.5, 0.6) is 0 Å². The summed E-state index contributed by atoms with van der Waals surface area (Å²) in [6, 6.07) is 4.20. The fourth-order valence-electron chi connectivity index (χ4n) is 3.64. The minimum Gasteiger partial charge on any atom is -0.378 e. The molecule has 1 saturated heterocycles. The predicted octanol–water partition coefficient (Wildman–Crippen LogP) is 3.57. The quantitative estimate of drug-likeness (QED) is 0.523. The molecular formula is C21H31N5O2S. The van der Waals surface area contributed by atoms with E-state index in [1.807, 2.05) is 13.8 Å². The minimum absolute atomic E-state index is 0.0617. The lowest BCUT2D eigenvalue weighted by Gasteiger charge is -2.27. The second kappa shape index (κ2) is 10.1. The van der Waals surface area contributed by atoms with Crippen molar-refractivity contribution in [2.24, 2.45) is 0 Å². The molecule has 0 unspecified atom stereocenters. The number of ether oxygens (including phenoxy) is 1. The fourth-order valence-corrected chi connectivity index (χ4v) is 4.57. The van der Waals surface area contributed by atoms with Crippen molar-refractivity contribution in [3.8, 4) is 0 Å². The minimum atomic E-state index is 0.0617. The summed E-state index contributed by atoms with van der Waals surface area (Å²) >= 11 is 1.66. The maximum atomic E-state index is 12.4. The van der Waals surface area contributed by atoms with Crippen LogP contribution in [0.25, 0.3) is 0 Å². The van der Waals surface area contributed by atoms with Gasteiger partial charge in [0.05, 0.1) is 13.2 Å². The molecule has 3 rings (SSSR count). The van der Waals surface area contributed by atoms with E-state index in [-0.39, 0.29) is 5.91 Å². The second-order valence-electron chi connectivity index (χ2n) is 7.40. The van der Waals surface area contributed by atoms with E-state index >= 15 is 0 Å². The Morgan fingerprint density at radius 1 is 1.17 bits per heavy atom. The fraction of sp³-hybridized carbons (Fsp3) is 0.571. The van der Waals surface area contributed by atoms with Gasteiger partial charge in [-0.2, -0.15) is 0 Å². The first-order valence-electron chi connectivity index (χ1n) is 10.3. The molecule has 1 aliphatic rings. The van der Waals surface area contributed by atoms with Crippen LogP contribution in [0, 0.1) is 20.8 Å². The summed E-state index contributed by atoms with van der Waals surface area (Å²) in [5, 5.41) is 12.8. The number of amides is 1. The largest absolute Gasteiger partial charge is 0.378 e. The second-order valence-corrected chi connectivity index (χ2v) is 8.46. The lowest BCUT2D eigenvalue weighted by atomic mass is 10.0. The van der Waals surface area contributed by atoms with Gasteiger partial charge in [0.15, 0.2) is 5.16 Å². The highest BCUT2D eigenvalue weighted by Crippen LogP contribution is 2.24. The molecule has 8 heteroatoms. The van der Waals surface area contributed by atoms with E-state index < -0.39 is 0 Å². The third-order valence-corrected chi connectivity index (χ3v) is 6.08. The molecule has 1 amide bonds. The molecule has 0 atom stereocenters. The molecule has 0 aliphatic carbocycles. The first-order chi connectivity index (χ1) is 14.0. The van der Waals surface area contributed by atoms with E-state index in [1.54, 1.807) is 11.8 Å². The number of rotatable bonds is 8. The standard InChI is InChI=1S/C21H31N5O2S/c1-5-26-20(25-8-10-28-11-9-25)23-24-21(26)29-12-6-7-18(27)22-19-16(3)13-15(2)14-17(19)4/h13-14H,5-12H2,1-4H3,(H,22,27). The van der Waals surface area contributed by atoms with E-state index in [4.69, 9.17) is 4.74 Å². The molecule has 158 valence electrons. The topological polar surface area (TPSA) is 72.3 Å². The molecule has 0 saturated carbocycles. The SMILES string of the molecule is CCn1c(SCCCC(=O)Nc2c(C)cc(C)cc2C)nnc1N1CCOCC1. The summed E-state index contributed by atoms with van der Waals surface area (Å²) in [7, 11) is 0. The summed E-state index contributed by atoms with van der Waals surface area (Å²) in [4.78, 5) is 14.6. The van der Waals surface area contributed by atoms with E-state index in [1.165, 1.54) is 5.56 Å². The summed E-state index contributed by atoms with van der Waals surface area (Å²) < 4.78 is 7.57. The summed E-state index contributed by atoms with van der Waals surface area (Å²) in [5.74, 6) is 1.81. The number of carbonyl (C=O) groups excluding carboxylic acids is 1. The lowest BCUT2D eigenvalue weighted by molar-refractivity contribution is -0.116. The van der Waals surface area contributed by atoms with Crippen LogP contribution in [0.15, 0.2) is 17.3 Å². The summed E-state index contributed by atoms with van der Waals surface area (Å²) in [6.45, 7) is 12.2. The molecule has 7 nitrogen and oxygen atoms in total. The van der Waals surface area contributed by atoms with Gasteiger partial charge in [0.1, 0.15) is 0 Å². The van der Waals surface area contributed by atoms with Crippen molar-refractivity contribution in [1.29, 1.82) is 0 Å². The van der Waals surface area contributed by atoms with E-state index in [0.717, 1.165) is 72.9 Å². The zero-order chi connectivity index (χ0) is 20.8. The first kappa shape index (κ1) is 21.6. The van der Waals surface area contributed by atoms with Gasteiger partial charge in [-0.25, -0.2) is 0 Å². The van der Waals surface area contributed by atoms with Gasteiger partial charge < -0.3 is 15.0 Å². The third kappa shape index (κ3) is 5.51. The average Bonchev–Trinajstić information content (AvgIpc) is 3.11. The Bertz CT molecular complexity index is 823.